The molecule has 0 saturated heterocycles. The van der Waals surface area contributed by atoms with Gasteiger partial charge in [-0.1, -0.05) is 25.0 Å². The maximum Gasteiger partial charge on any atom is 0.276 e. The van der Waals surface area contributed by atoms with Crippen molar-refractivity contribution in [2.75, 3.05) is 6.61 Å². The van der Waals surface area contributed by atoms with E-state index in [4.69, 9.17) is 17.0 Å². The van der Waals surface area contributed by atoms with Crippen molar-refractivity contribution in [3.63, 3.8) is 0 Å². The predicted octanol–water partition coefficient (Wildman–Crippen LogP) is 2.12. The van der Waals surface area contributed by atoms with Gasteiger partial charge < -0.3 is 10.1 Å². The Morgan fingerprint density at radius 3 is 2.73 bits per heavy atom. The van der Waals surface area contributed by atoms with Crippen LogP contribution in [0.25, 0.3) is 0 Å². The van der Waals surface area contributed by atoms with Gasteiger partial charge in [0.25, 0.3) is 5.91 Å². The first-order chi connectivity index (χ1) is 10.6. The summed E-state index contributed by atoms with van der Waals surface area (Å²) in [6, 6.07) is 6.20. The molecule has 0 unspecified atom stereocenters. The van der Waals surface area contributed by atoms with Crippen LogP contribution in [-0.2, 0) is 4.79 Å². The van der Waals surface area contributed by atoms with Crippen LogP contribution in [0.3, 0.4) is 0 Å². The molecule has 1 fully saturated rings. The highest BCUT2D eigenvalue weighted by Gasteiger charge is 2.15. The zero-order valence-corrected chi connectivity index (χ0v) is 13.9. The summed E-state index contributed by atoms with van der Waals surface area (Å²) in [4.78, 5) is 11.8. The van der Waals surface area contributed by atoms with Gasteiger partial charge in [0, 0.05) is 6.04 Å². The summed E-state index contributed by atoms with van der Waals surface area (Å²) in [5.74, 6) is 0.457. The van der Waals surface area contributed by atoms with Crippen LogP contribution in [0, 0.1) is 13.8 Å². The van der Waals surface area contributed by atoms with E-state index >= 15 is 0 Å². The number of amides is 1. The van der Waals surface area contributed by atoms with E-state index < -0.39 is 0 Å². The lowest BCUT2D eigenvalue weighted by atomic mass is 10.1. The van der Waals surface area contributed by atoms with Crippen LogP contribution in [0.2, 0.25) is 0 Å². The molecule has 3 N–H and O–H groups in total. The molecule has 1 amide bonds. The number of hydrazine groups is 1. The number of aryl methyl sites for hydroxylation is 1. The molecule has 0 aromatic heterocycles. The third-order valence-electron chi connectivity index (χ3n) is 3.92. The SMILES string of the molecule is Cc1cccc(OCC(=O)NNC(=S)NC2CCCC2)c1C. The van der Waals surface area contributed by atoms with Gasteiger partial charge in [0.15, 0.2) is 11.7 Å². The van der Waals surface area contributed by atoms with Gasteiger partial charge >= 0.3 is 0 Å². The van der Waals surface area contributed by atoms with Gasteiger partial charge in [-0.2, -0.15) is 0 Å². The third kappa shape index (κ3) is 4.87. The second-order valence-electron chi connectivity index (χ2n) is 5.61. The molecular formula is C16H23N3O2S. The zero-order valence-electron chi connectivity index (χ0n) is 13.1. The van der Waals surface area contributed by atoms with E-state index in [9.17, 15) is 4.79 Å². The van der Waals surface area contributed by atoms with Crippen molar-refractivity contribution in [1.29, 1.82) is 0 Å². The highest BCUT2D eigenvalue weighted by atomic mass is 32.1. The molecule has 6 heteroatoms. The molecule has 120 valence electrons. The summed E-state index contributed by atoms with van der Waals surface area (Å²) < 4.78 is 5.53. The zero-order chi connectivity index (χ0) is 15.9. The fourth-order valence-corrected chi connectivity index (χ4v) is 2.70. The number of carbonyl (C=O) groups excluding carboxylic acids is 1. The van der Waals surface area contributed by atoms with Crippen molar-refractivity contribution < 1.29 is 9.53 Å². The van der Waals surface area contributed by atoms with Crippen LogP contribution >= 0.6 is 12.2 Å². The predicted molar refractivity (Wildman–Crippen MR) is 90.7 cm³/mol. The lowest BCUT2D eigenvalue weighted by Crippen LogP contribution is -2.50. The number of nitrogens with one attached hydrogen (secondary N) is 3. The van der Waals surface area contributed by atoms with Gasteiger partial charge in [0.05, 0.1) is 0 Å². The fourth-order valence-electron chi connectivity index (χ4n) is 2.48. The number of hydrogen-bond acceptors (Lipinski definition) is 3. The summed E-state index contributed by atoms with van der Waals surface area (Å²) >= 11 is 5.15. The van der Waals surface area contributed by atoms with E-state index in [-0.39, 0.29) is 12.5 Å². The van der Waals surface area contributed by atoms with Crippen LogP contribution in [0.15, 0.2) is 18.2 Å². The van der Waals surface area contributed by atoms with Crippen molar-refractivity contribution in [2.45, 2.75) is 45.6 Å². The van der Waals surface area contributed by atoms with E-state index in [1.54, 1.807) is 0 Å². The second-order valence-corrected chi connectivity index (χ2v) is 6.02. The van der Waals surface area contributed by atoms with Gasteiger partial charge in [0.2, 0.25) is 0 Å². The molecule has 0 spiro atoms. The van der Waals surface area contributed by atoms with Crippen molar-refractivity contribution in [3.05, 3.63) is 29.3 Å². The summed E-state index contributed by atoms with van der Waals surface area (Å²) in [6.07, 6.45) is 4.73. The van der Waals surface area contributed by atoms with Crippen molar-refractivity contribution >= 4 is 23.2 Å². The van der Waals surface area contributed by atoms with Gasteiger partial charge in [-0.05, 0) is 56.1 Å². The lowest BCUT2D eigenvalue weighted by molar-refractivity contribution is -0.123. The van der Waals surface area contributed by atoms with Crippen molar-refractivity contribution in [2.24, 2.45) is 0 Å². The summed E-state index contributed by atoms with van der Waals surface area (Å²) in [7, 11) is 0. The van der Waals surface area contributed by atoms with Gasteiger partial charge in [-0.3, -0.25) is 15.6 Å². The number of hydrogen-bond donors (Lipinski definition) is 3. The Labute approximate surface area is 136 Å². The van der Waals surface area contributed by atoms with Crippen LogP contribution in [0.1, 0.15) is 36.8 Å². The Bertz CT molecular complexity index is 542. The molecule has 2 rings (SSSR count). The first-order valence-electron chi connectivity index (χ1n) is 7.60. The minimum absolute atomic E-state index is 0.0522. The lowest BCUT2D eigenvalue weighted by Gasteiger charge is -2.16. The molecule has 5 nitrogen and oxygen atoms in total. The summed E-state index contributed by atoms with van der Waals surface area (Å²) in [5.41, 5.74) is 7.44. The van der Waals surface area contributed by atoms with Crippen LogP contribution < -0.4 is 20.9 Å². The van der Waals surface area contributed by atoms with E-state index in [0.717, 1.165) is 29.7 Å². The molecule has 0 heterocycles. The number of rotatable bonds is 4. The van der Waals surface area contributed by atoms with E-state index in [0.29, 0.717) is 11.2 Å². The topological polar surface area (TPSA) is 62.4 Å². The van der Waals surface area contributed by atoms with Crippen LogP contribution in [-0.4, -0.2) is 23.7 Å². The highest BCUT2D eigenvalue weighted by Crippen LogP contribution is 2.20. The summed E-state index contributed by atoms with van der Waals surface area (Å²) in [6.45, 7) is 3.93. The Morgan fingerprint density at radius 1 is 1.27 bits per heavy atom. The molecule has 0 radical (unpaired) electrons. The van der Waals surface area contributed by atoms with Gasteiger partial charge in [-0.15, -0.1) is 0 Å². The molecule has 0 atom stereocenters. The molecule has 1 aliphatic rings. The first-order valence-corrected chi connectivity index (χ1v) is 8.01. The molecule has 0 bridgehead atoms. The maximum absolute atomic E-state index is 11.8. The Balaban J connectivity index is 1.69. The average Bonchev–Trinajstić information content (AvgIpc) is 2.99. The highest BCUT2D eigenvalue weighted by molar-refractivity contribution is 7.80. The monoisotopic (exact) mass is 321 g/mol. The molecule has 22 heavy (non-hydrogen) atoms. The van der Waals surface area contributed by atoms with Crippen LogP contribution in [0.5, 0.6) is 5.75 Å². The van der Waals surface area contributed by atoms with Crippen molar-refractivity contribution in [3.8, 4) is 5.75 Å². The molecule has 0 aliphatic heterocycles. The fraction of sp³-hybridized carbons (Fsp3) is 0.500. The average molecular weight is 321 g/mol. The molecule has 1 saturated carbocycles. The summed E-state index contributed by atoms with van der Waals surface area (Å²) in [5, 5.41) is 3.64. The van der Waals surface area contributed by atoms with Crippen molar-refractivity contribution in [1.82, 2.24) is 16.2 Å². The largest absolute Gasteiger partial charge is 0.483 e. The minimum Gasteiger partial charge on any atom is -0.483 e. The second kappa shape index (κ2) is 7.98. The third-order valence-corrected chi connectivity index (χ3v) is 4.14. The number of carbonyl (C=O) groups is 1. The Morgan fingerprint density at radius 2 is 2.00 bits per heavy atom. The van der Waals surface area contributed by atoms with E-state index in [1.807, 2.05) is 32.0 Å². The first kappa shape index (κ1) is 16.5. The van der Waals surface area contributed by atoms with E-state index in [1.165, 1.54) is 12.8 Å². The number of ether oxygens (including phenoxy) is 1. The molecule has 1 aromatic carbocycles. The molecular weight excluding hydrogens is 298 g/mol. The Hall–Kier alpha value is -1.82. The maximum atomic E-state index is 11.8. The van der Waals surface area contributed by atoms with E-state index in [2.05, 4.69) is 16.2 Å². The van der Waals surface area contributed by atoms with Gasteiger partial charge in [0.1, 0.15) is 5.75 Å². The Kier molecular flexibility index (Phi) is 6.00. The quantitative estimate of drug-likeness (QED) is 0.586. The smallest absolute Gasteiger partial charge is 0.276 e. The number of benzene rings is 1. The number of thiocarbonyl (C=S) groups is 1. The minimum atomic E-state index is -0.267. The van der Waals surface area contributed by atoms with Crippen LogP contribution in [0.4, 0.5) is 0 Å². The molecule has 1 aromatic rings. The van der Waals surface area contributed by atoms with Gasteiger partial charge in [-0.25, -0.2) is 0 Å². The standard InChI is InChI=1S/C16H23N3O2S/c1-11-6-5-9-14(12(11)2)21-10-15(20)18-19-16(22)17-13-7-3-4-8-13/h5-6,9,13H,3-4,7-8,10H2,1-2H3,(H,18,20)(H2,17,19,22). The normalized spacial score (nSPS) is 14.5. The molecule has 1 aliphatic carbocycles.